The van der Waals surface area contributed by atoms with Crippen molar-refractivity contribution in [3.63, 3.8) is 0 Å². The van der Waals surface area contributed by atoms with Crippen molar-refractivity contribution in [1.29, 1.82) is 0 Å². The molecule has 1 aromatic heterocycles. The Morgan fingerprint density at radius 2 is 2.26 bits per heavy atom. The standard InChI is InChI=1S/C12H11FN4O2/c13-9-3-2-8(14)6-10(9)16-11(18)7-17-5-1-4-15-12(17)19/h1-6H,7,14H2,(H,16,18). The molecule has 6 nitrogen and oxygen atoms in total. The van der Waals surface area contributed by atoms with Gasteiger partial charge in [0.25, 0.3) is 0 Å². The molecule has 2 rings (SSSR count). The smallest absolute Gasteiger partial charge is 0.347 e. The van der Waals surface area contributed by atoms with Crippen LogP contribution in [0.1, 0.15) is 0 Å². The van der Waals surface area contributed by atoms with Crippen molar-refractivity contribution in [1.82, 2.24) is 9.55 Å². The van der Waals surface area contributed by atoms with Gasteiger partial charge in [0.15, 0.2) is 0 Å². The Morgan fingerprint density at radius 1 is 1.47 bits per heavy atom. The van der Waals surface area contributed by atoms with Crippen LogP contribution in [0.5, 0.6) is 0 Å². The molecule has 0 radical (unpaired) electrons. The SMILES string of the molecule is Nc1ccc(F)c(NC(=O)Cn2cccnc2=O)c1. The molecule has 0 saturated heterocycles. The van der Waals surface area contributed by atoms with Crippen LogP contribution in [0.2, 0.25) is 0 Å². The number of carbonyl (C=O) groups is 1. The van der Waals surface area contributed by atoms with Gasteiger partial charge in [0, 0.05) is 18.1 Å². The number of aromatic nitrogens is 2. The molecule has 3 N–H and O–H groups in total. The van der Waals surface area contributed by atoms with Crippen LogP contribution in [-0.2, 0) is 11.3 Å². The van der Waals surface area contributed by atoms with Gasteiger partial charge < -0.3 is 11.1 Å². The van der Waals surface area contributed by atoms with Gasteiger partial charge in [-0.15, -0.1) is 0 Å². The third-order valence-electron chi connectivity index (χ3n) is 2.36. The largest absolute Gasteiger partial charge is 0.399 e. The van der Waals surface area contributed by atoms with E-state index < -0.39 is 17.4 Å². The zero-order valence-electron chi connectivity index (χ0n) is 9.84. The lowest BCUT2D eigenvalue weighted by atomic mass is 10.2. The van der Waals surface area contributed by atoms with Gasteiger partial charge in [-0.2, -0.15) is 0 Å². The highest BCUT2D eigenvalue weighted by atomic mass is 19.1. The number of nitrogens with one attached hydrogen (secondary N) is 1. The fourth-order valence-electron chi connectivity index (χ4n) is 1.49. The molecule has 0 bridgehead atoms. The van der Waals surface area contributed by atoms with E-state index in [4.69, 9.17) is 5.73 Å². The average molecular weight is 262 g/mol. The Labute approximate surface area is 107 Å². The first kappa shape index (κ1) is 12.7. The summed E-state index contributed by atoms with van der Waals surface area (Å²) in [5.74, 6) is -1.14. The first-order valence-electron chi connectivity index (χ1n) is 5.42. The zero-order valence-corrected chi connectivity index (χ0v) is 9.84. The predicted molar refractivity (Wildman–Crippen MR) is 67.9 cm³/mol. The number of anilines is 2. The molecule has 2 aromatic rings. The molecule has 0 aliphatic rings. The van der Waals surface area contributed by atoms with Gasteiger partial charge in [0.2, 0.25) is 5.91 Å². The van der Waals surface area contributed by atoms with Crippen LogP contribution >= 0.6 is 0 Å². The summed E-state index contributed by atoms with van der Waals surface area (Å²) in [5.41, 5.74) is 5.25. The second kappa shape index (κ2) is 5.30. The van der Waals surface area contributed by atoms with E-state index in [0.717, 1.165) is 10.6 Å². The van der Waals surface area contributed by atoms with Crippen molar-refractivity contribution in [2.24, 2.45) is 0 Å². The molecule has 0 unspecified atom stereocenters. The molecule has 1 heterocycles. The molecule has 0 saturated carbocycles. The molecule has 1 aromatic carbocycles. The van der Waals surface area contributed by atoms with Crippen LogP contribution in [0.25, 0.3) is 0 Å². The quantitative estimate of drug-likeness (QED) is 0.793. The monoisotopic (exact) mass is 262 g/mol. The normalized spacial score (nSPS) is 10.2. The highest BCUT2D eigenvalue weighted by molar-refractivity contribution is 5.91. The van der Waals surface area contributed by atoms with E-state index >= 15 is 0 Å². The maximum Gasteiger partial charge on any atom is 0.347 e. The van der Waals surface area contributed by atoms with E-state index in [9.17, 15) is 14.0 Å². The molecular weight excluding hydrogens is 251 g/mol. The second-order valence-electron chi connectivity index (χ2n) is 3.82. The Morgan fingerprint density at radius 3 is 3.00 bits per heavy atom. The Bertz CT molecular complexity index is 669. The van der Waals surface area contributed by atoms with Crippen LogP contribution in [0, 0.1) is 5.82 Å². The van der Waals surface area contributed by atoms with E-state index in [1.54, 1.807) is 0 Å². The summed E-state index contributed by atoms with van der Waals surface area (Å²) in [6.07, 6.45) is 2.75. The third kappa shape index (κ3) is 3.15. The second-order valence-corrected chi connectivity index (χ2v) is 3.82. The molecular formula is C12H11FN4O2. The number of nitrogens with zero attached hydrogens (tertiary/aromatic N) is 2. The minimum Gasteiger partial charge on any atom is -0.399 e. The summed E-state index contributed by atoms with van der Waals surface area (Å²) in [5, 5.41) is 2.35. The van der Waals surface area contributed by atoms with Crippen LogP contribution in [0.3, 0.4) is 0 Å². The van der Waals surface area contributed by atoms with E-state index in [0.29, 0.717) is 5.69 Å². The first-order valence-corrected chi connectivity index (χ1v) is 5.42. The Balaban J connectivity index is 2.12. The van der Waals surface area contributed by atoms with Crippen LogP contribution in [0.15, 0.2) is 41.5 Å². The van der Waals surface area contributed by atoms with Crippen molar-refractivity contribution >= 4 is 17.3 Å². The number of benzene rings is 1. The number of hydrogen-bond acceptors (Lipinski definition) is 4. The topological polar surface area (TPSA) is 90.0 Å². The lowest BCUT2D eigenvalue weighted by Gasteiger charge is -2.08. The maximum atomic E-state index is 13.4. The lowest BCUT2D eigenvalue weighted by molar-refractivity contribution is -0.116. The molecule has 1 amide bonds. The first-order chi connectivity index (χ1) is 9.06. The Kier molecular flexibility index (Phi) is 3.56. The van der Waals surface area contributed by atoms with Gasteiger partial charge in [-0.05, 0) is 24.3 Å². The summed E-state index contributed by atoms with van der Waals surface area (Å²) in [6.45, 7) is -0.249. The number of hydrogen-bond donors (Lipinski definition) is 2. The molecule has 0 atom stereocenters. The van der Waals surface area contributed by atoms with Crippen LogP contribution in [0.4, 0.5) is 15.8 Å². The highest BCUT2D eigenvalue weighted by Gasteiger charge is 2.08. The van der Waals surface area contributed by atoms with E-state index in [1.165, 1.54) is 30.6 Å². The summed E-state index contributed by atoms with van der Waals surface area (Å²) in [4.78, 5) is 26.5. The fourth-order valence-corrected chi connectivity index (χ4v) is 1.49. The minimum absolute atomic E-state index is 0.0260. The molecule has 0 fully saturated rings. The van der Waals surface area contributed by atoms with Crippen molar-refractivity contribution in [2.75, 3.05) is 11.1 Å². The summed E-state index contributed by atoms with van der Waals surface area (Å²) in [7, 11) is 0. The van der Waals surface area contributed by atoms with Crippen LogP contribution in [-0.4, -0.2) is 15.5 Å². The highest BCUT2D eigenvalue weighted by Crippen LogP contribution is 2.17. The minimum atomic E-state index is -0.596. The van der Waals surface area contributed by atoms with Gasteiger partial charge >= 0.3 is 5.69 Å². The molecule has 0 aliphatic heterocycles. The van der Waals surface area contributed by atoms with Crippen molar-refractivity contribution in [2.45, 2.75) is 6.54 Å². The van der Waals surface area contributed by atoms with E-state index in [2.05, 4.69) is 10.3 Å². The van der Waals surface area contributed by atoms with Gasteiger partial charge in [0.1, 0.15) is 12.4 Å². The van der Waals surface area contributed by atoms with Crippen molar-refractivity contribution in [3.8, 4) is 0 Å². The summed E-state index contributed by atoms with van der Waals surface area (Å²) >= 11 is 0. The average Bonchev–Trinajstić information content (AvgIpc) is 2.37. The fraction of sp³-hybridized carbons (Fsp3) is 0.0833. The molecule has 98 valence electrons. The third-order valence-corrected chi connectivity index (χ3v) is 2.36. The van der Waals surface area contributed by atoms with Crippen molar-refractivity contribution < 1.29 is 9.18 Å². The summed E-state index contributed by atoms with van der Waals surface area (Å²) < 4.78 is 14.5. The Hall–Kier alpha value is -2.70. The van der Waals surface area contributed by atoms with Gasteiger partial charge in [0.05, 0.1) is 5.69 Å². The number of carbonyl (C=O) groups excluding carboxylic acids is 1. The van der Waals surface area contributed by atoms with E-state index in [1.807, 2.05) is 0 Å². The number of nitrogen functional groups attached to an aromatic ring is 1. The number of nitrogens with two attached hydrogens (primary N) is 1. The zero-order chi connectivity index (χ0) is 13.8. The van der Waals surface area contributed by atoms with E-state index in [-0.39, 0.29) is 12.2 Å². The number of halogens is 1. The number of amides is 1. The van der Waals surface area contributed by atoms with Gasteiger partial charge in [-0.3, -0.25) is 9.36 Å². The molecule has 19 heavy (non-hydrogen) atoms. The van der Waals surface area contributed by atoms with Gasteiger partial charge in [-0.1, -0.05) is 0 Å². The van der Waals surface area contributed by atoms with Crippen LogP contribution < -0.4 is 16.7 Å². The molecule has 0 spiro atoms. The predicted octanol–water partition coefficient (Wildman–Crippen LogP) is 0.603. The molecule has 7 heteroatoms. The summed E-state index contributed by atoms with van der Waals surface area (Å²) in [6, 6.07) is 5.37. The van der Waals surface area contributed by atoms with Crippen molar-refractivity contribution in [3.05, 3.63) is 53.0 Å². The van der Waals surface area contributed by atoms with Gasteiger partial charge in [-0.25, -0.2) is 14.2 Å². The maximum absolute atomic E-state index is 13.4. The molecule has 0 aliphatic carbocycles. The lowest BCUT2D eigenvalue weighted by Crippen LogP contribution is -2.28. The number of rotatable bonds is 3.